The SMILES string of the molecule is C[C@H](NCc1ccc([N+](=O)[O-])o1)C(=O)O. The Balaban J connectivity index is 2.51. The molecule has 0 radical (unpaired) electrons. The van der Waals surface area contributed by atoms with Crippen LogP contribution in [0.25, 0.3) is 0 Å². The minimum Gasteiger partial charge on any atom is -0.480 e. The van der Waals surface area contributed by atoms with Gasteiger partial charge in [0.05, 0.1) is 12.6 Å². The molecular weight excluding hydrogens is 204 g/mol. The van der Waals surface area contributed by atoms with Gasteiger partial charge in [0.15, 0.2) is 0 Å². The Labute approximate surface area is 84.8 Å². The van der Waals surface area contributed by atoms with Crippen molar-refractivity contribution in [2.24, 2.45) is 0 Å². The highest BCUT2D eigenvalue weighted by molar-refractivity contribution is 5.72. The second kappa shape index (κ2) is 4.56. The van der Waals surface area contributed by atoms with Crippen molar-refractivity contribution in [3.05, 3.63) is 28.0 Å². The molecule has 0 fully saturated rings. The van der Waals surface area contributed by atoms with Gasteiger partial charge in [-0.05, 0) is 13.0 Å². The molecular formula is C8H10N2O5. The predicted molar refractivity (Wildman–Crippen MR) is 49.3 cm³/mol. The van der Waals surface area contributed by atoms with Crippen molar-refractivity contribution in [3.8, 4) is 0 Å². The first-order chi connectivity index (χ1) is 7.00. The van der Waals surface area contributed by atoms with Crippen molar-refractivity contribution in [1.29, 1.82) is 0 Å². The second-order valence-electron chi connectivity index (χ2n) is 2.94. The van der Waals surface area contributed by atoms with Gasteiger partial charge in [0, 0.05) is 0 Å². The van der Waals surface area contributed by atoms with Crippen LogP contribution in [0.1, 0.15) is 12.7 Å². The van der Waals surface area contributed by atoms with E-state index in [0.29, 0.717) is 5.76 Å². The van der Waals surface area contributed by atoms with E-state index >= 15 is 0 Å². The summed E-state index contributed by atoms with van der Waals surface area (Å²) in [4.78, 5) is 20.0. The van der Waals surface area contributed by atoms with Crippen molar-refractivity contribution in [1.82, 2.24) is 5.32 Å². The van der Waals surface area contributed by atoms with Crippen molar-refractivity contribution in [2.75, 3.05) is 0 Å². The number of aliphatic carboxylic acids is 1. The van der Waals surface area contributed by atoms with E-state index in [-0.39, 0.29) is 12.4 Å². The third-order valence-electron chi connectivity index (χ3n) is 1.78. The first-order valence-electron chi connectivity index (χ1n) is 4.20. The van der Waals surface area contributed by atoms with E-state index < -0.39 is 16.9 Å². The van der Waals surface area contributed by atoms with E-state index in [1.807, 2.05) is 0 Å². The summed E-state index contributed by atoms with van der Waals surface area (Å²) in [5.41, 5.74) is 0. The van der Waals surface area contributed by atoms with E-state index in [0.717, 1.165) is 0 Å². The molecule has 2 N–H and O–H groups in total. The molecule has 0 unspecified atom stereocenters. The zero-order valence-electron chi connectivity index (χ0n) is 7.97. The summed E-state index contributed by atoms with van der Waals surface area (Å²) >= 11 is 0. The van der Waals surface area contributed by atoms with Crippen LogP contribution in [0.2, 0.25) is 0 Å². The molecule has 0 saturated heterocycles. The maximum atomic E-state index is 10.4. The Morgan fingerprint density at radius 2 is 2.40 bits per heavy atom. The number of hydrogen-bond donors (Lipinski definition) is 2. The Hall–Kier alpha value is -1.89. The smallest absolute Gasteiger partial charge is 0.433 e. The van der Waals surface area contributed by atoms with Gasteiger partial charge in [-0.1, -0.05) is 0 Å². The fraction of sp³-hybridized carbons (Fsp3) is 0.375. The monoisotopic (exact) mass is 214 g/mol. The molecule has 1 atom stereocenters. The van der Waals surface area contributed by atoms with Crippen molar-refractivity contribution >= 4 is 11.9 Å². The highest BCUT2D eigenvalue weighted by atomic mass is 16.6. The van der Waals surface area contributed by atoms with Crippen LogP contribution >= 0.6 is 0 Å². The van der Waals surface area contributed by atoms with Gasteiger partial charge in [0.1, 0.15) is 16.7 Å². The lowest BCUT2D eigenvalue weighted by Gasteiger charge is -2.05. The molecule has 1 rings (SSSR count). The van der Waals surface area contributed by atoms with E-state index in [2.05, 4.69) is 5.32 Å². The topological polar surface area (TPSA) is 106 Å². The molecule has 1 heterocycles. The quantitative estimate of drug-likeness (QED) is 0.553. The van der Waals surface area contributed by atoms with Gasteiger partial charge >= 0.3 is 11.9 Å². The maximum absolute atomic E-state index is 10.4. The van der Waals surface area contributed by atoms with Crippen LogP contribution in [0.5, 0.6) is 0 Å². The minimum atomic E-state index is -0.990. The van der Waals surface area contributed by atoms with E-state index in [1.165, 1.54) is 19.1 Å². The van der Waals surface area contributed by atoms with Gasteiger partial charge in [-0.3, -0.25) is 20.2 Å². The summed E-state index contributed by atoms with van der Waals surface area (Å²) in [6, 6.07) is 1.93. The molecule has 0 aromatic carbocycles. The summed E-state index contributed by atoms with van der Waals surface area (Å²) in [7, 11) is 0. The largest absolute Gasteiger partial charge is 0.480 e. The highest BCUT2D eigenvalue weighted by Gasteiger charge is 2.14. The zero-order valence-corrected chi connectivity index (χ0v) is 7.97. The molecule has 0 spiro atoms. The minimum absolute atomic E-state index is 0.140. The van der Waals surface area contributed by atoms with Crippen LogP contribution < -0.4 is 5.32 Å². The number of furan rings is 1. The van der Waals surface area contributed by atoms with Gasteiger partial charge < -0.3 is 9.52 Å². The van der Waals surface area contributed by atoms with Crippen LogP contribution in [0.15, 0.2) is 16.5 Å². The maximum Gasteiger partial charge on any atom is 0.433 e. The zero-order chi connectivity index (χ0) is 11.4. The Morgan fingerprint density at radius 3 is 2.87 bits per heavy atom. The standard InChI is InChI=1S/C8H10N2O5/c1-5(8(11)12)9-4-6-2-3-7(15-6)10(13)14/h2-3,5,9H,4H2,1H3,(H,11,12)/t5-/m0/s1. The number of carboxylic acids is 1. The molecule has 0 aliphatic carbocycles. The normalized spacial score (nSPS) is 12.3. The molecule has 0 saturated carbocycles. The van der Waals surface area contributed by atoms with Crippen LogP contribution in [0, 0.1) is 10.1 Å². The van der Waals surface area contributed by atoms with Crippen molar-refractivity contribution in [3.63, 3.8) is 0 Å². The number of nitrogens with zero attached hydrogens (tertiary/aromatic N) is 1. The Bertz CT molecular complexity index is 373. The average molecular weight is 214 g/mol. The summed E-state index contributed by atoms with van der Waals surface area (Å²) in [5, 5.41) is 21.4. The molecule has 0 aliphatic heterocycles. The average Bonchev–Trinajstić information content (AvgIpc) is 2.62. The molecule has 15 heavy (non-hydrogen) atoms. The van der Waals surface area contributed by atoms with Crippen molar-refractivity contribution in [2.45, 2.75) is 19.5 Å². The molecule has 82 valence electrons. The lowest BCUT2D eigenvalue weighted by molar-refractivity contribution is -0.402. The lowest BCUT2D eigenvalue weighted by Crippen LogP contribution is -2.32. The number of hydrogen-bond acceptors (Lipinski definition) is 5. The number of nitrogens with one attached hydrogen (secondary N) is 1. The van der Waals surface area contributed by atoms with Crippen LogP contribution in [-0.2, 0) is 11.3 Å². The summed E-state index contributed by atoms with van der Waals surface area (Å²) < 4.78 is 4.82. The third-order valence-corrected chi connectivity index (χ3v) is 1.78. The number of nitro groups is 1. The highest BCUT2D eigenvalue weighted by Crippen LogP contribution is 2.15. The molecule has 7 heteroatoms. The van der Waals surface area contributed by atoms with Crippen LogP contribution in [-0.4, -0.2) is 22.0 Å². The van der Waals surface area contributed by atoms with Crippen LogP contribution in [0.3, 0.4) is 0 Å². The first-order valence-corrected chi connectivity index (χ1v) is 4.20. The second-order valence-corrected chi connectivity index (χ2v) is 2.94. The van der Waals surface area contributed by atoms with Gasteiger partial charge in [-0.25, -0.2) is 0 Å². The number of carbonyl (C=O) groups is 1. The molecule has 1 aromatic heterocycles. The Kier molecular flexibility index (Phi) is 3.40. The fourth-order valence-electron chi connectivity index (χ4n) is 0.901. The molecule has 0 bridgehead atoms. The first kappa shape index (κ1) is 11.2. The van der Waals surface area contributed by atoms with Crippen molar-refractivity contribution < 1.29 is 19.2 Å². The number of carboxylic acid groups (broad SMARTS) is 1. The predicted octanol–water partition coefficient (Wildman–Crippen LogP) is 0.751. The molecule has 7 nitrogen and oxygen atoms in total. The summed E-state index contributed by atoms with van der Waals surface area (Å²) in [6.45, 7) is 1.61. The van der Waals surface area contributed by atoms with E-state index in [4.69, 9.17) is 9.52 Å². The van der Waals surface area contributed by atoms with Gasteiger partial charge in [0.2, 0.25) is 0 Å². The van der Waals surface area contributed by atoms with Gasteiger partial charge in [-0.2, -0.15) is 0 Å². The third kappa shape index (κ3) is 3.06. The van der Waals surface area contributed by atoms with E-state index in [9.17, 15) is 14.9 Å². The molecule has 0 amide bonds. The summed E-state index contributed by atoms with van der Waals surface area (Å²) in [5.74, 6) is -1.01. The summed E-state index contributed by atoms with van der Waals surface area (Å²) in [6.07, 6.45) is 0. The molecule has 0 aliphatic rings. The van der Waals surface area contributed by atoms with Gasteiger partial charge in [-0.15, -0.1) is 0 Å². The van der Waals surface area contributed by atoms with Gasteiger partial charge in [0.25, 0.3) is 0 Å². The number of rotatable bonds is 5. The van der Waals surface area contributed by atoms with E-state index in [1.54, 1.807) is 0 Å². The Morgan fingerprint density at radius 1 is 1.73 bits per heavy atom. The van der Waals surface area contributed by atoms with Crippen LogP contribution in [0.4, 0.5) is 5.88 Å². The molecule has 1 aromatic rings. The lowest BCUT2D eigenvalue weighted by atomic mass is 10.3. The fourth-order valence-corrected chi connectivity index (χ4v) is 0.901.